The molecule has 1 aromatic heterocycles. The van der Waals surface area contributed by atoms with Crippen molar-refractivity contribution in [2.45, 2.75) is 71.9 Å². The molecule has 0 saturated heterocycles. The van der Waals surface area contributed by atoms with Crippen molar-refractivity contribution in [2.75, 3.05) is 5.32 Å². The van der Waals surface area contributed by atoms with Gasteiger partial charge in [-0.25, -0.2) is 4.98 Å². The summed E-state index contributed by atoms with van der Waals surface area (Å²) in [6, 6.07) is 0.626. The maximum atomic E-state index is 4.64. The van der Waals surface area contributed by atoms with Gasteiger partial charge < -0.3 is 9.88 Å². The third-order valence-electron chi connectivity index (χ3n) is 4.11. The summed E-state index contributed by atoms with van der Waals surface area (Å²) in [7, 11) is 0. The lowest BCUT2D eigenvalue weighted by Gasteiger charge is -2.32. The van der Waals surface area contributed by atoms with Crippen LogP contribution in [0, 0.1) is 12.8 Å². The summed E-state index contributed by atoms with van der Waals surface area (Å²) < 4.78 is 2.27. The standard InChI is InChI=1S/C15H27N3/c1-4-10-18-11-12(3)16-15(18)17-14-9-7-6-8-13(14)5-2/h11,13-14H,4-10H2,1-3H3,(H,16,17). The Hall–Kier alpha value is -0.990. The topological polar surface area (TPSA) is 29.9 Å². The molecule has 1 N–H and O–H groups in total. The summed E-state index contributed by atoms with van der Waals surface area (Å²) in [6.45, 7) is 7.67. The highest BCUT2D eigenvalue weighted by molar-refractivity contribution is 5.30. The first-order chi connectivity index (χ1) is 8.74. The summed E-state index contributed by atoms with van der Waals surface area (Å²) in [6.07, 6.45) is 10.0. The van der Waals surface area contributed by atoms with E-state index in [9.17, 15) is 0 Å². The lowest BCUT2D eigenvalue weighted by atomic mass is 9.83. The van der Waals surface area contributed by atoms with Crippen LogP contribution in [0.4, 0.5) is 5.95 Å². The van der Waals surface area contributed by atoms with E-state index in [-0.39, 0.29) is 0 Å². The fraction of sp³-hybridized carbons (Fsp3) is 0.800. The minimum absolute atomic E-state index is 0.626. The zero-order valence-electron chi connectivity index (χ0n) is 12.1. The Kier molecular flexibility index (Phi) is 4.67. The van der Waals surface area contributed by atoms with Gasteiger partial charge in [-0.15, -0.1) is 0 Å². The van der Waals surface area contributed by atoms with Gasteiger partial charge in [0.1, 0.15) is 0 Å². The van der Waals surface area contributed by atoms with Crippen molar-refractivity contribution in [3.8, 4) is 0 Å². The average molecular weight is 249 g/mol. The van der Waals surface area contributed by atoms with Crippen LogP contribution in [0.2, 0.25) is 0 Å². The Morgan fingerprint density at radius 2 is 2.11 bits per heavy atom. The highest BCUT2D eigenvalue weighted by atomic mass is 15.2. The Labute approximate surface area is 111 Å². The van der Waals surface area contributed by atoms with Gasteiger partial charge in [-0.1, -0.05) is 33.1 Å². The van der Waals surface area contributed by atoms with Crippen molar-refractivity contribution in [3.05, 3.63) is 11.9 Å². The van der Waals surface area contributed by atoms with Gasteiger partial charge in [0.15, 0.2) is 0 Å². The molecule has 0 aromatic carbocycles. The molecule has 2 atom stereocenters. The Morgan fingerprint density at radius 3 is 2.83 bits per heavy atom. The van der Waals surface area contributed by atoms with Crippen LogP contribution in [0.1, 0.15) is 58.1 Å². The van der Waals surface area contributed by atoms with E-state index in [0.717, 1.165) is 30.5 Å². The average Bonchev–Trinajstić information content (AvgIpc) is 2.71. The van der Waals surface area contributed by atoms with Gasteiger partial charge in [0, 0.05) is 18.8 Å². The van der Waals surface area contributed by atoms with E-state index >= 15 is 0 Å². The molecule has 0 aliphatic heterocycles. The Morgan fingerprint density at radius 1 is 1.33 bits per heavy atom. The van der Waals surface area contributed by atoms with E-state index in [1.165, 1.54) is 32.1 Å². The number of nitrogens with zero attached hydrogens (tertiary/aromatic N) is 2. The van der Waals surface area contributed by atoms with E-state index < -0.39 is 0 Å². The smallest absolute Gasteiger partial charge is 0.203 e. The maximum Gasteiger partial charge on any atom is 0.203 e. The van der Waals surface area contributed by atoms with Crippen LogP contribution in [-0.4, -0.2) is 15.6 Å². The molecule has 3 heteroatoms. The maximum absolute atomic E-state index is 4.64. The van der Waals surface area contributed by atoms with E-state index in [1.54, 1.807) is 0 Å². The molecule has 1 heterocycles. The molecule has 0 spiro atoms. The van der Waals surface area contributed by atoms with Crippen LogP contribution in [0.25, 0.3) is 0 Å². The number of hydrogen-bond donors (Lipinski definition) is 1. The van der Waals surface area contributed by atoms with Crippen molar-refractivity contribution in [1.82, 2.24) is 9.55 Å². The van der Waals surface area contributed by atoms with Crippen LogP contribution in [0.3, 0.4) is 0 Å². The second kappa shape index (κ2) is 6.26. The van der Waals surface area contributed by atoms with Crippen LogP contribution in [0.15, 0.2) is 6.20 Å². The highest BCUT2D eigenvalue weighted by Gasteiger charge is 2.24. The van der Waals surface area contributed by atoms with Crippen molar-refractivity contribution in [3.63, 3.8) is 0 Å². The first kappa shape index (κ1) is 13.4. The van der Waals surface area contributed by atoms with Gasteiger partial charge in [-0.05, 0) is 32.1 Å². The lowest BCUT2D eigenvalue weighted by molar-refractivity contribution is 0.315. The molecule has 1 aromatic rings. The Bertz CT molecular complexity index is 370. The molecule has 102 valence electrons. The minimum Gasteiger partial charge on any atom is -0.353 e. The quantitative estimate of drug-likeness (QED) is 0.855. The first-order valence-electron chi connectivity index (χ1n) is 7.54. The number of aryl methyl sites for hydroxylation is 2. The SMILES string of the molecule is CCCn1cc(C)nc1NC1CCCCC1CC. The van der Waals surface area contributed by atoms with Gasteiger partial charge in [-0.2, -0.15) is 0 Å². The highest BCUT2D eigenvalue weighted by Crippen LogP contribution is 2.29. The van der Waals surface area contributed by atoms with Crippen molar-refractivity contribution >= 4 is 5.95 Å². The van der Waals surface area contributed by atoms with Crippen LogP contribution in [0.5, 0.6) is 0 Å². The van der Waals surface area contributed by atoms with Gasteiger partial charge >= 0.3 is 0 Å². The summed E-state index contributed by atoms with van der Waals surface area (Å²) in [5.74, 6) is 1.91. The van der Waals surface area contributed by atoms with E-state index in [1.807, 2.05) is 0 Å². The fourth-order valence-electron chi connectivity index (χ4n) is 3.13. The summed E-state index contributed by atoms with van der Waals surface area (Å²) >= 11 is 0. The molecule has 2 unspecified atom stereocenters. The normalized spacial score (nSPS) is 24.2. The second-order valence-corrected chi connectivity index (χ2v) is 5.60. The lowest BCUT2D eigenvalue weighted by Crippen LogP contribution is -2.32. The van der Waals surface area contributed by atoms with Crippen molar-refractivity contribution in [1.29, 1.82) is 0 Å². The first-order valence-corrected chi connectivity index (χ1v) is 7.54. The zero-order valence-corrected chi connectivity index (χ0v) is 12.1. The predicted octanol–water partition coefficient (Wildman–Crippen LogP) is 3.98. The molecule has 1 aliphatic carbocycles. The molecule has 3 nitrogen and oxygen atoms in total. The van der Waals surface area contributed by atoms with Crippen LogP contribution in [-0.2, 0) is 6.54 Å². The number of rotatable bonds is 5. The van der Waals surface area contributed by atoms with Gasteiger partial charge in [0.25, 0.3) is 0 Å². The number of nitrogens with one attached hydrogen (secondary N) is 1. The minimum atomic E-state index is 0.626. The third-order valence-corrected chi connectivity index (χ3v) is 4.11. The summed E-state index contributed by atoms with van der Waals surface area (Å²) in [5.41, 5.74) is 1.12. The third kappa shape index (κ3) is 3.06. The van der Waals surface area contributed by atoms with E-state index in [0.29, 0.717) is 6.04 Å². The number of hydrogen-bond acceptors (Lipinski definition) is 2. The van der Waals surface area contributed by atoms with E-state index in [2.05, 4.69) is 41.8 Å². The van der Waals surface area contributed by atoms with Gasteiger partial charge in [0.2, 0.25) is 5.95 Å². The fourth-order valence-corrected chi connectivity index (χ4v) is 3.13. The van der Waals surface area contributed by atoms with Gasteiger partial charge in [-0.3, -0.25) is 0 Å². The monoisotopic (exact) mass is 249 g/mol. The zero-order chi connectivity index (χ0) is 13.0. The van der Waals surface area contributed by atoms with Crippen LogP contribution < -0.4 is 5.32 Å². The van der Waals surface area contributed by atoms with E-state index in [4.69, 9.17) is 0 Å². The molecule has 0 radical (unpaired) electrons. The van der Waals surface area contributed by atoms with Crippen LogP contribution >= 0.6 is 0 Å². The van der Waals surface area contributed by atoms with Crippen molar-refractivity contribution < 1.29 is 0 Å². The molecule has 1 fully saturated rings. The number of imidazole rings is 1. The van der Waals surface area contributed by atoms with Gasteiger partial charge in [0.05, 0.1) is 5.69 Å². The molecule has 1 saturated carbocycles. The molecule has 1 aliphatic rings. The molecule has 0 bridgehead atoms. The number of anilines is 1. The second-order valence-electron chi connectivity index (χ2n) is 5.60. The molecule has 18 heavy (non-hydrogen) atoms. The molecule has 2 rings (SSSR count). The Balaban J connectivity index is 2.07. The summed E-state index contributed by atoms with van der Waals surface area (Å²) in [4.78, 5) is 4.64. The number of aromatic nitrogens is 2. The molecular weight excluding hydrogens is 222 g/mol. The predicted molar refractivity (Wildman–Crippen MR) is 76.9 cm³/mol. The molecular formula is C15H27N3. The van der Waals surface area contributed by atoms with Crippen molar-refractivity contribution in [2.24, 2.45) is 5.92 Å². The summed E-state index contributed by atoms with van der Waals surface area (Å²) in [5, 5.41) is 3.71. The largest absolute Gasteiger partial charge is 0.353 e. The molecule has 0 amide bonds.